The molecule has 1 aromatic heterocycles. The first-order chi connectivity index (χ1) is 14.0. The first-order valence-corrected chi connectivity index (χ1v) is 10.2. The predicted molar refractivity (Wildman–Crippen MR) is 108 cm³/mol. The molecule has 4 N–H and O–H groups in total. The predicted octanol–water partition coefficient (Wildman–Crippen LogP) is 0.0691. The van der Waals surface area contributed by atoms with Gasteiger partial charge in [0.25, 0.3) is 0 Å². The molecule has 2 aliphatic rings. The molecule has 1 unspecified atom stereocenters. The van der Waals surface area contributed by atoms with E-state index in [1.54, 1.807) is 17.3 Å². The number of pyridine rings is 1. The largest absolute Gasteiger partial charge is 0.352 e. The second-order valence-electron chi connectivity index (χ2n) is 7.74. The smallest absolute Gasteiger partial charge is 0.312 e. The zero-order chi connectivity index (χ0) is 20.6. The second-order valence-corrected chi connectivity index (χ2v) is 7.74. The fourth-order valence-electron chi connectivity index (χ4n) is 4.14. The highest BCUT2D eigenvalue weighted by atomic mass is 16.2. The summed E-state index contributed by atoms with van der Waals surface area (Å²) in [4.78, 5) is 43.7. The zero-order valence-corrected chi connectivity index (χ0v) is 16.7. The lowest BCUT2D eigenvalue weighted by atomic mass is 9.93. The summed E-state index contributed by atoms with van der Waals surface area (Å²) < 4.78 is 0. The van der Waals surface area contributed by atoms with Crippen LogP contribution in [0.4, 0.5) is 4.79 Å². The van der Waals surface area contributed by atoms with Crippen LogP contribution >= 0.6 is 0 Å². The average Bonchev–Trinajstić information content (AvgIpc) is 2.76. The minimum atomic E-state index is -0.686. The Hall–Kier alpha value is -2.68. The van der Waals surface area contributed by atoms with Gasteiger partial charge in [0.2, 0.25) is 11.8 Å². The van der Waals surface area contributed by atoms with Gasteiger partial charge in [-0.05, 0) is 43.9 Å². The molecule has 0 aromatic carbocycles. The van der Waals surface area contributed by atoms with Crippen LogP contribution < -0.4 is 16.4 Å². The normalized spacial score (nSPS) is 20.8. The number of carbonyl (C=O) groups is 3. The molecule has 9 nitrogen and oxygen atoms in total. The zero-order valence-electron chi connectivity index (χ0n) is 16.7. The number of aromatic nitrogens is 1. The van der Waals surface area contributed by atoms with E-state index in [2.05, 4.69) is 20.5 Å². The Morgan fingerprint density at radius 2 is 1.93 bits per heavy atom. The van der Waals surface area contributed by atoms with E-state index in [4.69, 9.17) is 5.73 Å². The van der Waals surface area contributed by atoms with Crippen LogP contribution in [0.15, 0.2) is 24.5 Å². The van der Waals surface area contributed by atoms with Gasteiger partial charge in [-0.3, -0.25) is 19.5 Å². The molecule has 158 valence electrons. The van der Waals surface area contributed by atoms with E-state index in [1.807, 2.05) is 12.1 Å². The van der Waals surface area contributed by atoms with Gasteiger partial charge in [0.1, 0.15) is 0 Å². The molecule has 3 heterocycles. The van der Waals surface area contributed by atoms with Crippen LogP contribution in [0.1, 0.15) is 31.2 Å². The number of nitrogens with one attached hydrogen (secondary N) is 2. The molecular weight excluding hydrogens is 372 g/mol. The van der Waals surface area contributed by atoms with Gasteiger partial charge < -0.3 is 21.3 Å². The summed E-state index contributed by atoms with van der Waals surface area (Å²) in [5.74, 6) is -0.00269. The van der Waals surface area contributed by atoms with Crippen molar-refractivity contribution in [1.29, 1.82) is 0 Å². The van der Waals surface area contributed by atoms with E-state index < -0.39 is 6.03 Å². The van der Waals surface area contributed by atoms with Crippen LogP contribution in [0.25, 0.3) is 0 Å². The molecule has 0 spiro atoms. The highest BCUT2D eigenvalue weighted by Crippen LogP contribution is 2.24. The minimum absolute atomic E-state index is 0.000139. The van der Waals surface area contributed by atoms with Crippen LogP contribution in [0.5, 0.6) is 0 Å². The second kappa shape index (κ2) is 10.2. The van der Waals surface area contributed by atoms with Crippen LogP contribution in [0, 0.1) is 5.92 Å². The van der Waals surface area contributed by atoms with Crippen molar-refractivity contribution in [2.75, 3.05) is 32.7 Å². The van der Waals surface area contributed by atoms with Crippen molar-refractivity contribution in [3.8, 4) is 0 Å². The lowest BCUT2D eigenvalue weighted by molar-refractivity contribution is -0.131. The molecule has 1 atom stereocenters. The fourth-order valence-corrected chi connectivity index (χ4v) is 4.14. The summed E-state index contributed by atoms with van der Waals surface area (Å²) in [6.45, 7) is 3.54. The third-order valence-corrected chi connectivity index (χ3v) is 5.76. The first-order valence-electron chi connectivity index (χ1n) is 10.2. The molecule has 1 aromatic rings. The Bertz CT molecular complexity index is 705. The maximum Gasteiger partial charge on any atom is 0.312 e. The van der Waals surface area contributed by atoms with E-state index in [0.717, 1.165) is 44.3 Å². The summed E-state index contributed by atoms with van der Waals surface area (Å²) in [5, 5.41) is 5.38. The van der Waals surface area contributed by atoms with Crippen molar-refractivity contribution in [2.45, 2.75) is 38.3 Å². The Morgan fingerprint density at radius 1 is 1.14 bits per heavy atom. The molecule has 2 aliphatic heterocycles. The highest BCUT2D eigenvalue weighted by molar-refractivity contribution is 5.83. The lowest BCUT2D eigenvalue weighted by Gasteiger charge is -2.42. The van der Waals surface area contributed by atoms with Gasteiger partial charge in [0, 0.05) is 44.6 Å². The third-order valence-electron chi connectivity index (χ3n) is 5.76. The molecule has 0 saturated carbocycles. The van der Waals surface area contributed by atoms with E-state index in [-0.39, 0.29) is 24.3 Å². The average molecular weight is 402 g/mol. The molecule has 2 fully saturated rings. The summed E-state index contributed by atoms with van der Waals surface area (Å²) in [7, 11) is 0. The van der Waals surface area contributed by atoms with Gasteiger partial charge in [-0.25, -0.2) is 4.79 Å². The number of carbonyl (C=O) groups excluding carboxylic acids is 3. The van der Waals surface area contributed by atoms with Gasteiger partial charge in [-0.2, -0.15) is 0 Å². The van der Waals surface area contributed by atoms with Gasteiger partial charge in [0.05, 0.1) is 12.5 Å². The van der Waals surface area contributed by atoms with Crippen LogP contribution in [-0.4, -0.2) is 71.4 Å². The van der Waals surface area contributed by atoms with Crippen molar-refractivity contribution in [2.24, 2.45) is 11.7 Å². The highest BCUT2D eigenvalue weighted by Gasteiger charge is 2.32. The maximum absolute atomic E-state index is 12.6. The molecule has 3 rings (SSSR count). The molecule has 4 amide bonds. The summed E-state index contributed by atoms with van der Waals surface area (Å²) in [6.07, 6.45) is 7.16. The van der Waals surface area contributed by atoms with Crippen molar-refractivity contribution in [3.05, 3.63) is 30.1 Å². The van der Waals surface area contributed by atoms with Crippen molar-refractivity contribution >= 4 is 17.8 Å². The molecule has 2 saturated heterocycles. The Balaban J connectivity index is 1.43. The molecular formula is C20H30N6O3. The number of hydrogen-bond donors (Lipinski definition) is 3. The SMILES string of the molecule is NC(=O)NCC(=O)N1CCC(N2CCCC(C(=O)NCc3cccnc3)C2)CC1. The van der Waals surface area contributed by atoms with Crippen molar-refractivity contribution < 1.29 is 14.4 Å². The van der Waals surface area contributed by atoms with Crippen molar-refractivity contribution in [3.63, 3.8) is 0 Å². The lowest BCUT2D eigenvalue weighted by Crippen LogP contribution is -2.52. The van der Waals surface area contributed by atoms with Gasteiger partial charge in [-0.1, -0.05) is 6.07 Å². The molecule has 9 heteroatoms. The number of nitrogens with zero attached hydrogens (tertiary/aromatic N) is 3. The number of nitrogens with two attached hydrogens (primary N) is 1. The molecule has 29 heavy (non-hydrogen) atoms. The number of hydrogen-bond acceptors (Lipinski definition) is 5. The van der Waals surface area contributed by atoms with Gasteiger partial charge >= 0.3 is 6.03 Å². The van der Waals surface area contributed by atoms with E-state index in [1.165, 1.54) is 0 Å². The Kier molecular flexibility index (Phi) is 7.40. The third kappa shape index (κ3) is 6.15. The summed E-state index contributed by atoms with van der Waals surface area (Å²) in [6, 6.07) is 3.52. The molecule has 0 radical (unpaired) electrons. The first kappa shape index (κ1) is 21.0. The number of primary amides is 1. The van der Waals surface area contributed by atoms with Gasteiger partial charge in [-0.15, -0.1) is 0 Å². The number of urea groups is 1. The van der Waals surface area contributed by atoms with Crippen LogP contribution in [0.2, 0.25) is 0 Å². The maximum atomic E-state index is 12.6. The number of likely N-dealkylation sites (tertiary alicyclic amines) is 2. The summed E-state index contributed by atoms with van der Waals surface area (Å²) in [5.41, 5.74) is 6.02. The molecule has 0 aliphatic carbocycles. The van der Waals surface area contributed by atoms with E-state index >= 15 is 0 Å². The number of amides is 4. The Labute approximate surface area is 171 Å². The Morgan fingerprint density at radius 3 is 2.62 bits per heavy atom. The quantitative estimate of drug-likeness (QED) is 0.622. The van der Waals surface area contributed by atoms with Crippen molar-refractivity contribution in [1.82, 2.24) is 25.4 Å². The summed E-state index contributed by atoms with van der Waals surface area (Å²) >= 11 is 0. The monoisotopic (exact) mass is 402 g/mol. The molecule has 0 bridgehead atoms. The van der Waals surface area contributed by atoms with Crippen LogP contribution in [-0.2, 0) is 16.1 Å². The van der Waals surface area contributed by atoms with E-state index in [0.29, 0.717) is 25.7 Å². The van der Waals surface area contributed by atoms with Gasteiger partial charge in [0.15, 0.2) is 0 Å². The van der Waals surface area contributed by atoms with E-state index in [9.17, 15) is 14.4 Å². The minimum Gasteiger partial charge on any atom is -0.352 e. The number of rotatable bonds is 6. The standard InChI is InChI=1S/C20H30N6O3/c21-20(29)24-13-18(27)25-9-5-17(6-10-25)26-8-2-4-16(14-26)19(28)23-12-15-3-1-7-22-11-15/h1,3,7,11,16-17H,2,4-6,8-10,12-14H2,(H,23,28)(H3,21,24,29). The topological polar surface area (TPSA) is 121 Å². The number of piperidine rings is 2. The fraction of sp³-hybridized carbons (Fsp3) is 0.600. The van der Waals surface area contributed by atoms with Crippen LogP contribution in [0.3, 0.4) is 0 Å².